The van der Waals surface area contributed by atoms with Crippen LogP contribution in [-0.4, -0.2) is 72.3 Å². The largest absolute Gasteiger partial charge is 0.487 e. The van der Waals surface area contributed by atoms with Crippen molar-refractivity contribution in [2.75, 3.05) is 35.8 Å². The number of imide groups is 1. The van der Waals surface area contributed by atoms with Crippen LogP contribution in [0.2, 0.25) is 5.02 Å². The normalized spacial score (nSPS) is 18.9. The van der Waals surface area contributed by atoms with E-state index < -0.39 is 51.8 Å². The predicted molar refractivity (Wildman–Crippen MR) is 210 cm³/mol. The summed E-state index contributed by atoms with van der Waals surface area (Å²) in [6.45, 7) is 0.662. The number of aryl methyl sites for hydroxylation is 1. The zero-order valence-corrected chi connectivity index (χ0v) is 32.2. The number of imidazole rings is 1. The maximum atomic E-state index is 16.2. The lowest BCUT2D eigenvalue weighted by Crippen LogP contribution is -2.44. The minimum Gasteiger partial charge on any atom is -0.487 e. The first-order chi connectivity index (χ1) is 27.3. The molecule has 0 spiro atoms. The first-order valence-corrected chi connectivity index (χ1v) is 20.1. The molecule has 15 nitrogen and oxygen atoms in total. The minimum absolute atomic E-state index is 0.000267. The second-order valence-electron chi connectivity index (χ2n) is 14.4. The summed E-state index contributed by atoms with van der Waals surface area (Å²) in [7, 11) is -2.75. The van der Waals surface area contributed by atoms with Crippen molar-refractivity contribution >= 4 is 78.6 Å². The highest BCUT2D eigenvalue weighted by Gasteiger charge is 2.38. The van der Waals surface area contributed by atoms with Crippen LogP contribution in [0, 0.1) is 5.82 Å². The van der Waals surface area contributed by atoms with Gasteiger partial charge < -0.3 is 10.1 Å². The Balaban J connectivity index is 0.958. The summed E-state index contributed by atoms with van der Waals surface area (Å²) >= 11 is 6.96. The molecule has 4 aromatic carbocycles. The maximum absolute atomic E-state index is 16.2. The summed E-state index contributed by atoms with van der Waals surface area (Å²) in [6.07, 6.45) is 1.74. The topological polar surface area (TPSA) is 181 Å². The Labute approximate surface area is 330 Å². The van der Waals surface area contributed by atoms with Crippen LogP contribution in [0.4, 0.5) is 15.8 Å². The Morgan fingerprint density at radius 3 is 2.44 bits per heavy atom. The Hall–Kier alpha value is -5.78. The number of rotatable bonds is 9. The number of nitrogens with zero attached hydrogens (tertiary/aromatic N) is 4. The van der Waals surface area contributed by atoms with Gasteiger partial charge in [-0.15, -0.1) is 0 Å². The molecule has 4 heterocycles. The molecular weight excluding hydrogens is 781 g/mol. The molecular formula is C39H37ClFN7O8S. The molecule has 5 aromatic rings. The van der Waals surface area contributed by atoms with Crippen molar-refractivity contribution in [1.82, 2.24) is 24.1 Å². The molecule has 3 saturated heterocycles. The highest BCUT2D eigenvalue weighted by molar-refractivity contribution is 7.92. The van der Waals surface area contributed by atoms with E-state index >= 15 is 4.39 Å². The number of carbonyl (C=O) groups excluding carboxylic acids is 4. The smallest absolute Gasteiger partial charge is 0.329 e. The first-order valence-electron chi connectivity index (χ1n) is 18.3. The molecule has 3 N–H and O–H groups in total. The number of benzene rings is 4. The molecule has 296 valence electrons. The summed E-state index contributed by atoms with van der Waals surface area (Å²) in [5.74, 6) is -2.92. The number of anilines is 2. The molecule has 18 heteroatoms. The van der Waals surface area contributed by atoms with Crippen molar-refractivity contribution in [2.45, 2.75) is 44.2 Å². The van der Waals surface area contributed by atoms with Gasteiger partial charge in [0.1, 0.15) is 30.6 Å². The molecule has 0 bridgehead atoms. The fraction of sp³-hybridized carbons (Fsp3) is 0.308. The fourth-order valence-corrected chi connectivity index (χ4v) is 9.52. The van der Waals surface area contributed by atoms with Crippen LogP contribution in [-0.2, 0) is 43.0 Å². The van der Waals surface area contributed by atoms with Crippen molar-refractivity contribution in [2.24, 2.45) is 7.05 Å². The highest BCUT2D eigenvalue weighted by Crippen LogP contribution is 2.41. The molecule has 3 fully saturated rings. The molecule has 57 heavy (non-hydrogen) atoms. The van der Waals surface area contributed by atoms with Crippen LogP contribution < -0.4 is 30.1 Å². The fourth-order valence-electron chi connectivity index (χ4n) is 7.92. The van der Waals surface area contributed by atoms with E-state index in [1.54, 1.807) is 43.4 Å². The lowest BCUT2D eigenvalue weighted by atomic mass is 9.89. The maximum Gasteiger partial charge on any atom is 0.329 e. The second kappa shape index (κ2) is 14.9. The van der Waals surface area contributed by atoms with E-state index in [0.29, 0.717) is 57.4 Å². The molecule has 3 aliphatic heterocycles. The summed E-state index contributed by atoms with van der Waals surface area (Å²) in [4.78, 5) is 65.0. The lowest BCUT2D eigenvalue weighted by molar-refractivity contribution is -0.135. The number of fused-ring (bicyclic) bond motifs is 2. The van der Waals surface area contributed by atoms with Crippen LogP contribution >= 0.6 is 11.6 Å². The highest BCUT2D eigenvalue weighted by atomic mass is 35.5. The molecule has 0 aliphatic carbocycles. The van der Waals surface area contributed by atoms with E-state index in [-0.39, 0.29) is 54.9 Å². The molecule has 0 radical (unpaired) electrons. The third-order valence-corrected chi connectivity index (χ3v) is 12.5. The van der Waals surface area contributed by atoms with Crippen molar-refractivity contribution < 1.29 is 36.7 Å². The monoisotopic (exact) mass is 817 g/mol. The van der Waals surface area contributed by atoms with Gasteiger partial charge >= 0.3 is 15.9 Å². The predicted octanol–water partition coefficient (Wildman–Crippen LogP) is 3.84. The van der Waals surface area contributed by atoms with Crippen molar-refractivity contribution in [3.05, 3.63) is 99.2 Å². The number of aromatic nitrogens is 2. The van der Waals surface area contributed by atoms with E-state index in [2.05, 4.69) is 10.6 Å². The van der Waals surface area contributed by atoms with Gasteiger partial charge in [0.15, 0.2) is 5.82 Å². The van der Waals surface area contributed by atoms with Crippen LogP contribution in [0.1, 0.15) is 48.8 Å². The molecule has 0 saturated carbocycles. The van der Waals surface area contributed by atoms with Gasteiger partial charge in [-0.3, -0.25) is 38.5 Å². The van der Waals surface area contributed by atoms with Crippen LogP contribution in [0.25, 0.3) is 21.8 Å². The van der Waals surface area contributed by atoms with Gasteiger partial charge in [0.2, 0.25) is 17.7 Å². The van der Waals surface area contributed by atoms with E-state index in [1.165, 1.54) is 27.3 Å². The molecule has 1 aromatic heterocycles. The number of nitrogens with one attached hydrogen (secondary N) is 3. The Morgan fingerprint density at radius 2 is 1.74 bits per heavy atom. The Morgan fingerprint density at radius 1 is 0.982 bits per heavy atom. The average Bonchev–Trinajstić information content (AvgIpc) is 3.60. The molecule has 1 unspecified atom stereocenters. The molecule has 3 aliphatic rings. The first kappa shape index (κ1) is 38.1. The SMILES string of the molecule is Cn1c(=O)n(C2CCC(=O)NC2=O)c2ccc(C3CCN(CC(=O)Nc4ccc5c(F)c(N6CC(=O)NS6(=O)=O)c(OCc6ccccc6)cc5c4)CC3)c(Cl)c21. The van der Waals surface area contributed by atoms with E-state index in [0.717, 1.165) is 11.1 Å². The average molecular weight is 818 g/mol. The Bertz CT molecular complexity index is 2660. The number of amides is 4. The van der Waals surface area contributed by atoms with Crippen molar-refractivity contribution in [3.8, 4) is 5.75 Å². The summed E-state index contributed by atoms with van der Waals surface area (Å²) < 4.78 is 53.0. The number of halogens is 2. The third kappa shape index (κ3) is 7.21. The van der Waals surface area contributed by atoms with E-state index in [1.807, 2.05) is 21.8 Å². The Kier molecular flexibility index (Phi) is 9.99. The van der Waals surface area contributed by atoms with Gasteiger partial charge in [0.05, 0.1) is 22.6 Å². The number of hydrogen-bond acceptors (Lipinski definition) is 9. The van der Waals surface area contributed by atoms with Gasteiger partial charge in [-0.05, 0) is 85.1 Å². The number of piperidine rings is 2. The van der Waals surface area contributed by atoms with Gasteiger partial charge in [-0.1, -0.05) is 48.0 Å². The van der Waals surface area contributed by atoms with Crippen LogP contribution in [0.3, 0.4) is 0 Å². The molecule has 8 rings (SSSR count). The van der Waals surface area contributed by atoms with Gasteiger partial charge in [0, 0.05) is 24.5 Å². The summed E-state index contributed by atoms with van der Waals surface area (Å²) in [6, 6.07) is 17.9. The van der Waals surface area contributed by atoms with Crippen LogP contribution in [0.15, 0.2) is 71.5 Å². The number of carbonyl (C=O) groups is 4. The quantitative estimate of drug-likeness (QED) is 0.186. The standard InChI is InChI=1S/C39H37ClFN7O8S/c1-45-36-28(48(39(45)53)29-11-12-31(49)43-38(29)52)10-9-26(34(36)40)23-13-15-46(16-14-23)19-32(50)42-25-7-8-27-24(17-25)18-30(56-21-22-5-3-2-4-6-22)37(35(27)41)47-20-33(51)44-57(47,54)55/h2-10,17-18,23,29H,11-16,19-21H2,1H3,(H,42,50)(H,44,51)(H,43,49,52). The van der Waals surface area contributed by atoms with Crippen molar-refractivity contribution in [1.29, 1.82) is 0 Å². The third-order valence-electron chi connectivity index (χ3n) is 10.7. The van der Waals surface area contributed by atoms with Gasteiger partial charge in [-0.25, -0.2) is 18.2 Å². The molecule has 1 atom stereocenters. The van der Waals surface area contributed by atoms with Crippen LogP contribution in [0.5, 0.6) is 5.75 Å². The van der Waals surface area contributed by atoms with Crippen molar-refractivity contribution in [3.63, 3.8) is 0 Å². The lowest BCUT2D eigenvalue weighted by Gasteiger charge is -2.32. The molecule has 4 amide bonds. The minimum atomic E-state index is -4.35. The zero-order chi connectivity index (χ0) is 40.2. The number of likely N-dealkylation sites (tertiary alicyclic amines) is 1. The van der Waals surface area contributed by atoms with Gasteiger partial charge in [0.25, 0.3) is 5.91 Å². The van der Waals surface area contributed by atoms with E-state index in [9.17, 15) is 32.4 Å². The van der Waals surface area contributed by atoms with Gasteiger partial charge in [-0.2, -0.15) is 8.42 Å². The summed E-state index contributed by atoms with van der Waals surface area (Å²) in [5, 5.41) is 6.02. The number of ether oxygens (including phenoxy) is 1. The van der Waals surface area contributed by atoms with E-state index in [4.69, 9.17) is 16.3 Å². The second-order valence-corrected chi connectivity index (χ2v) is 16.4. The zero-order valence-electron chi connectivity index (χ0n) is 30.6. The summed E-state index contributed by atoms with van der Waals surface area (Å²) in [5.41, 5.74) is 2.25. The number of hydrogen-bond donors (Lipinski definition) is 3.